The van der Waals surface area contributed by atoms with Crippen LogP contribution in [0.4, 0.5) is 0 Å². The topological polar surface area (TPSA) is 105 Å². The van der Waals surface area contributed by atoms with E-state index in [2.05, 4.69) is 10.3 Å². The molecule has 0 spiro atoms. The molecule has 2 aliphatic rings. The summed E-state index contributed by atoms with van der Waals surface area (Å²) in [5.74, 6) is -0.0420. The Kier molecular flexibility index (Phi) is 5.37. The number of benzene rings is 1. The van der Waals surface area contributed by atoms with Gasteiger partial charge in [-0.05, 0) is 43.3 Å². The summed E-state index contributed by atoms with van der Waals surface area (Å²) in [6, 6.07) is 6.05. The second-order valence-electron chi connectivity index (χ2n) is 6.64. The van der Waals surface area contributed by atoms with E-state index in [1.165, 1.54) is 24.1 Å². The number of carbonyl (C=O) groups is 2. The summed E-state index contributed by atoms with van der Waals surface area (Å²) in [6.07, 6.45) is 6.60. The monoisotopic (exact) mass is 403 g/mol. The summed E-state index contributed by atoms with van der Waals surface area (Å²) in [5.41, 5.74) is -1.28. The van der Waals surface area contributed by atoms with Gasteiger partial charge in [0.05, 0.1) is 24.2 Å². The van der Waals surface area contributed by atoms with Crippen LogP contribution in [0.2, 0.25) is 0 Å². The lowest BCUT2D eigenvalue weighted by molar-refractivity contribution is -0.134. The van der Waals surface area contributed by atoms with Crippen LogP contribution in [0.25, 0.3) is 0 Å². The van der Waals surface area contributed by atoms with E-state index in [-0.39, 0.29) is 29.5 Å². The molecule has 2 heterocycles. The van der Waals surface area contributed by atoms with Crippen molar-refractivity contribution in [3.8, 4) is 5.75 Å². The molecule has 0 radical (unpaired) electrons. The fourth-order valence-corrected chi connectivity index (χ4v) is 4.09. The number of nitrogens with one attached hydrogen (secondary N) is 1. The highest BCUT2D eigenvalue weighted by Gasteiger charge is 2.41. The van der Waals surface area contributed by atoms with Crippen LogP contribution in [0, 0.1) is 0 Å². The van der Waals surface area contributed by atoms with Crippen LogP contribution in [0.15, 0.2) is 58.6 Å². The average molecular weight is 403 g/mol. The minimum atomic E-state index is -3.56. The molecule has 148 valence electrons. The minimum Gasteiger partial charge on any atom is -0.497 e. The first-order chi connectivity index (χ1) is 13.2. The molecule has 8 nitrogen and oxygen atoms in total. The van der Waals surface area contributed by atoms with Gasteiger partial charge < -0.3 is 10.1 Å². The molecule has 2 aliphatic heterocycles. The second kappa shape index (κ2) is 7.59. The van der Waals surface area contributed by atoms with Gasteiger partial charge in [0, 0.05) is 12.7 Å². The maximum Gasteiger partial charge on any atom is 0.248 e. The van der Waals surface area contributed by atoms with Crippen molar-refractivity contribution in [2.45, 2.75) is 23.8 Å². The Balaban J connectivity index is 1.64. The molecule has 0 fully saturated rings. The molecule has 1 N–H and O–H groups in total. The van der Waals surface area contributed by atoms with E-state index in [1.807, 2.05) is 0 Å². The summed E-state index contributed by atoms with van der Waals surface area (Å²) in [7, 11) is -2.07. The predicted molar refractivity (Wildman–Crippen MR) is 104 cm³/mol. The third kappa shape index (κ3) is 3.99. The van der Waals surface area contributed by atoms with E-state index >= 15 is 0 Å². The van der Waals surface area contributed by atoms with Crippen molar-refractivity contribution in [1.29, 1.82) is 0 Å². The van der Waals surface area contributed by atoms with Gasteiger partial charge >= 0.3 is 0 Å². The third-order valence-corrected chi connectivity index (χ3v) is 6.26. The average Bonchev–Trinajstić information content (AvgIpc) is 2.67. The van der Waals surface area contributed by atoms with Crippen LogP contribution >= 0.6 is 0 Å². The Hall–Kier alpha value is -2.94. The molecule has 1 aromatic carbocycles. The molecule has 2 amide bonds. The molecule has 1 atom stereocenters. The Morgan fingerprint density at radius 2 is 2.00 bits per heavy atom. The lowest BCUT2D eigenvalue weighted by atomic mass is 9.94. The molecule has 0 saturated heterocycles. The zero-order valence-electron chi connectivity index (χ0n) is 15.6. The number of hydrogen-bond donors (Lipinski definition) is 1. The van der Waals surface area contributed by atoms with E-state index in [0.29, 0.717) is 11.6 Å². The second-order valence-corrected chi connectivity index (χ2v) is 8.74. The van der Waals surface area contributed by atoms with Crippen molar-refractivity contribution in [3.05, 3.63) is 48.7 Å². The molecule has 0 saturated carbocycles. The first-order valence-electron chi connectivity index (χ1n) is 8.67. The SMILES string of the molecule is COc1ccc(S(=O)(=O)CCNC(=O)[C@@]2(C)CC(=O)N3C=CC=CC3=N2)cc1. The summed E-state index contributed by atoms with van der Waals surface area (Å²) < 4.78 is 29.8. The van der Waals surface area contributed by atoms with Crippen LogP contribution in [0.3, 0.4) is 0 Å². The first-order valence-corrected chi connectivity index (χ1v) is 10.3. The lowest BCUT2D eigenvalue weighted by Gasteiger charge is -2.33. The number of hydrogen-bond acceptors (Lipinski definition) is 6. The molecule has 1 aromatic rings. The van der Waals surface area contributed by atoms with Gasteiger partial charge in [0.1, 0.15) is 17.1 Å². The Bertz CT molecular complexity index is 979. The third-order valence-electron chi connectivity index (χ3n) is 4.53. The number of methoxy groups -OCH3 is 1. The van der Waals surface area contributed by atoms with Gasteiger partial charge in [-0.25, -0.2) is 8.42 Å². The fourth-order valence-electron chi connectivity index (χ4n) is 2.93. The molecular formula is C19H21N3O5S. The molecule has 3 rings (SSSR count). The summed E-state index contributed by atoms with van der Waals surface area (Å²) >= 11 is 0. The van der Waals surface area contributed by atoms with E-state index < -0.39 is 21.3 Å². The van der Waals surface area contributed by atoms with E-state index in [9.17, 15) is 18.0 Å². The number of rotatable bonds is 6. The molecular weight excluding hydrogens is 382 g/mol. The van der Waals surface area contributed by atoms with Crippen molar-refractivity contribution >= 4 is 27.5 Å². The van der Waals surface area contributed by atoms with E-state index in [0.717, 1.165) is 0 Å². The molecule has 0 unspecified atom stereocenters. The van der Waals surface area contributed by atoms with Crippen molar-refractivity contribution in [1.82, 2.24) is 10.2 Å². The number of amides is 2. The van der Waals surface area contributed by atoms with E-state index in [4.69, 9.17) is 4.74 Å². The van der Waals surface area contributed by atoms with Crippen LogP contribution in [-0.2, 0) is 19.4 Å². The zero-order valence-corrected chi connectivity index (χ0v) is 16.4. The highest BCUT2D eigenvalue weighted by molar-refractivity contribution is 7.91. The number of aliphatic imine (C=N–C) groups is 1. The molecule has 0 aliphatic carbocycles. The highest BCUT2D eigenvalue weighted by atomic mass is 32.2. The summed E-state index contributed by atoms with van der Waals surface area (Å²) in [5, 5.41) is 2.59. The number of sulfone groups is 1. The smallest absolute Gasteiger partial charge is 0.248 e. The Morgan fingerprint density at radius 3 is 2.68 bits per heavy atom. The Labute approximate surface area is 163 Å². The number of nitrogens with zero attached hydrogens (tertiary/aromatic N) is 2. The van der Waals surface area contributed by atoms with Gasteiger partial charge in [0.25, 0.3) is 0 Å². The summed E-state index contributed by atoms with van der Waals surface area (Å²) in [6.45, 7) is 1.48. The maximum absolute atomic E-state index is 12.6. The largest absolute Gasteiger partial charge is 0.497 e. The first kappa shape index (κ1) is 19.8. The van der Waals surface area contributed by atoms with Crippen molar-refractivity contribution in [2.24, 2.45) is 4.99 Å². The number of amidine groups is 1. The Morgan fingerprint density at radius 1 is 1.29 bits per heavy atom. The van der Waals surface area contributed by atoms with Gasteiger partial charge in [-0.3, -0.25) is 19.5 Å². The van der Waals surface area contributed by atoms with Crippen LogP contribution in [-0.4, -0.2) is 55.9 Å². The van der Waals surface area contributed by atoms with Crippen molar-refractivity contribution in [2.75, 3.05) is 19.4 Å². The summed E-state index contributed by atoms with van der Waals surface area (Å²) in [4.78, 5) is 30.8. The normalized spacial score (nSPS) is 21.1. The predicted octanol–water partition coefficient (Wildman–Crippen LogP) is 1.06. The molecule has 9 heteroatoms. The number of allylic oxidation sites excluding steroid dienone is 2. The lowest BCUT2D eigenvalue weighted by Crippen LogP contribution is -2.52. The van der Waals surface area contributed by atoms with Gasteiger partial charge in [-0.15, -0.1) is 0 Å². The molecule has 28 heavy (non-hydrogen) atoms. The number of carbonyl (C=O) groups excluding carboxylic acids is 2. The van der Waals surface area contributed by atoms with E-state index in [1.54, 1.807) is 43.5 Å². The zero-order chi connectivity index (χ0) is 20.4. The van der Waals surface area contributed by atoms with Gasteiger partial charge in [-0.2, -0.15) is 0 Å². The van der Waals surface area contributed by atoms with Crippen molar-refractivity contribution in [3.63, 3.8) is 0 Å². The van der Waals surface area contributed by atoms with Crippen LogP contribution in [0.1, 0.15) is 13.3 Å². The molecule has 0 aromatic heterocycles. The fraction of sp³-hybridized carbons (Fsp3) is 0.316. The standard InChI is InChI=1S/C19H21N3O5S/c1-19(13-17(23)22-11-4-3-5-16(22)21-19)18(24)20-10-12-28(25,26)15-8-6-14(27-2)7-9-15/h3-9,11H,10,12-13H2,1-2H3,(H,20,24)/t19-/m1/s1. The van der Waals surface area contributed by atoms with Crippen LogP contribution < -0.4 is 10.1 Å². The highest BCUT2D eigenvalue weighted by Crippen LogP contribution is 2.25. The number of fused-ring (bicyclic) bond motifs is 1. The molecule has 0 bridgehead atoms. The van der Waals surface area contributed by atoms with Gasteiger partial charge in [-0.1, -0.05) is 6.08 Å². The van der Waals surface area contributed by atoms with Crippen molar-refractivity contribution < 1.29 is 22.7 Å². The van der Waals surface area contributed by atoms with Gasteiger partial charge in [0.15, 0.2) is 9.84 Å². The number of ether oxygens (including phenoxy) is 1. The van der Waals surface area contributed by atoms with Gasteiger partial charge in [0.2, 0.25) is 11.8 Å². The quantitative estimate of drug-likeness (QED) is 0.765. The van der Waals surface area contributed by atoms with Crippen LogP contribution in [0.5, 0.6) is 5.75 Å². The maximum atomic E-state index is 12.6. The minimum absolute atomic E-state index is 0.0821.